The molecule has 0 unspecified atom stereocenters. The van der Waals surface area contributed by atoms with Crippen LogP contribution < -0.4 is 10.2 Å². The van der Waals surface area contributed by atoms with E-state index in [9.17, 15) is 4.79 Å². The van der Waals surface area contributed by atoms with Crippen molar-refractivity contribution in [1.29, 1.82) is 0 Å². The lowest BCUT2D eigenvalue weighted by Crippen LogP contribution is -2.21. The maximum atomic E-state index is 12.0. The fourth-order valence-electron chi connectivity index (χ4n) is 2.30. The number of rotatable bonds is 5. The second kappa shape index (κ2) is 7.58. The molecule has 2 aromatic rings. The van der Waals surface area contributed by atoms with Gasteiger partial charge in [-0.2, -0.15) is 5.10 Å². The largest absolute Gasteiger partial charge is 0.497 e. The predicted molar refractivity (Wildman–Crippen MR) is 93.0 cm³/mol. The molecule has 0 radical (unpaired) electrons. The first-order valence-electron chi connectivity index (χ1n) is 7.53. The molecule has 0 heterocycles. The quantitative estimate of drug-likeness (QED) is 0.680. The van der Waals surface area contributed by atoms with Crippen LogP contribution in [0.25, 0.3) is 0 Å². The highest BCUT2D eigenvalue weighted by Gasteiger charge is 2.05. The molecule has 4 heteroatoms. The van der Waals surface area contributed by atoms with Crippen LogP contribution in [0.4, 0.5) is 0 Å². The second-order valence-electron chi connectivity index (χ2n) is 5.58. The number of hydrogen-bond donors (Lipinski definition) is 1. The topological polar surface area (TPSA) is 50.7 Å². The number of aryl methyl sites for hydroxylation is 2. The first kappa shape index (κ1) is 16.7. The van der Waals surface area contributed by atoms with Crippen molar-refractivity contribution in [2.24, 2.45) is 5.10 Å². The molecule has 2 rings (SSSR count). The van der Waals surface area contributed by atoms with E-state index in [1.807, 2.05) is 45.0 Å². The molecule has 2 aromatic carbocycles. The molecule has 120 valence electrons. The number of hydrogen-bond acceptors (Lipinski definition) is 3. The summed E-state index contributed by atoms with van der Waals surface area (Å²) < 4.78 is 5.10. The van der Waals surface area contributed by atoms with E-state index in [1.165, 1.54) is 5.56 Å². The van der Waals surface area contributed by atoms with E-state index in [0.29, 0.717) is 0 Å². The maximum absolute atomic E-state index is 12.0. The summed E-state index contributed by atoms with van der Waals surface area (Å²) in [4.78, 5) is 12.0. The number of hydrazone groups is 1. The van der Waals surface area contributed by atoms with E-state index in [2.05, 4.69) is 28.7 Å². The summed E-state index contributed by atoms with van der Waals surface area (Å²) in [5, 5.41) is 4.22. The highest BCUT2D eigenvalue weighted by atomic mass is 16.5. The van der Waals surface area contributed by atoms with Gasteiger partial charge in [0.15, 0.2) is 0 Å². The number of carbonyl (C=O) groups excluding carboxylic acids is 1. The van der Waals surface area contributed by atoms with Crippen LogP contribution in [-0.4, -0.2) is 18.7 Å². The van der Waals surface area contributed by atoms with E-state index in [1.54, 1.807) is 7.11 Å². The van der Waals surface area contributed by atoms with Crippen molar-refractivity contribution in [3.8, 4) is 5.75 Å². The van der Waals surface area contributed by atoms with E-state index in [4.69, 9.17) is 4.74 Å². The minimum Gasteiger partial charge on any atom is -0.497 e. The van der Waals surface area contributed by atoms with Crippen LogP contribution in [0.2, 0.25) is 0 Å². The number of carbonyl (C=O) groups is 1. The van der Waals surface area contributed by atoms with E-state index < -0.39 is 0 Å². The summed E-state index contributed by atoms with van der Waals surface area (Å²) in [5.74, 6) is 0.637. The Bertz CT molecular complexity index is 719. The fourth-order valence-corrected chi connectivity index (χ4v) is 2.30. The van der Waals surface area contributed by atoms with Gasteiger partial charge in [0.25, 0.3) is 0 Å². The molecule has 0 saturated carbocycles. The van der Waals surface area contributed by atoms with Gasteiger partial charge >= 0.3 is 0 Å². The molecule has 0 aromatic heterocycles. The van der Waals surface area contributed by atoms with Crippen molar-refractivity contribution >= 4 is 11.6 Å². The third-order valence-electron chi connectivity index (χ3n) is 3.65. The molecule has 1 N–H and O–H groups in total. The van der Waals surface area contributed by atoms with Gasteiger partial charge in [0.05, 0.1) is 19.2 Å². The molecule has 0 fully saturated rings. The number of nitrogens with zero attached hydrogens (tertiary/aromatic N) is 1. The van der Waals surface area contributed by atoms with Crippen LogP contribution in [0, 0.1) is 13.8 Å². The van der Waals surface area contributed by atoms with E-state index >= 15 is 0 Å². The number of nitrogens with one attached hydrogen (secondary N) is 1. The predicted octanol–water partition coefficient (Wildman–Crippen LogP) is 3.39. The van der Waals surface area contributed by atoms with Crippen molar-refractivity contribution in [2.45, 2.75) is 27.2 Å². The normalized spacial score (nSPS) is 11.2. The minimum atomic E-state index is -0.139. The zero-order chi connectivity index (χ0) is 16.8. The fraction of sp³-hybridized carbons (Fsp3) is 0.263. The van der Waals surface area contributed by atoms with Crippen LogP contribution in [0.5, 0.6) is 5.75 Å². The Balaban J connectivity index is 2.00. The molecular formula is C19H22N2O2. The third kappa shape index (κ3) is 4.68. The number of amides is 1. The molecule has 0 saturated heterocycles. The standard InChI is InChI=1S/C19H22N2O2/c1-13-5-6-14(2)18(11-13)15(3)20-21-19(22)12-16-7-9-17(23-4)10-8-16/h5-11H,12H2,1-4H3,(H,21,22)/b20-15-. The maximum Gasteiger partial charge on any atom is 0.244 e. The Kier molecular flexibility index (Phi) is 5.52. The van der Waals surface area contributed by atoms with Crippen molar-refractivity contribution in [3.63, 3.8) is 0 Å². The van der Waals surface area contributed by atoms with Gasteiger partial charge in [0.1, 0.15) is 5.75 Å². The van der Waals surface area contributed by atoms with Crippen LogP contribution in [0.15, 0.2) is 47.6 Å². The van der Waals surface area contributed by atoms with Gasteiger partial charge in [-0.3, -0.25) is 4.79 Å². The van der Waals surface area contributed by atoms with Crippen molar-refractivity contribution in [3.05, 3.63) is 64.7 Å². The Morgan fingerprint density at radius 1 is 1.13 bits per heavy atom. The first-order valence-corrected chi connectivity index (χ1v) is 7.53. The average Bonchev–Trinajstić information content (AvgIpc) is 2.55. The van der Waals surface area contributed by atoms with Crippen LogP contribution in [0.1, 0.15) is 29.2 Å². The second-order valence-corrected chi connectivity index (χ2v) is 5.58. The molecule has 1 amide bonds. The third-order valence-corrected chi connectivity index (χ3v) is 3.65. The SMILES string of the molecule is COc1ccc(CC(=O)N/N=C(/C)c2cc(C)ccc2C)cc1. The van der Waals surface area contributed by atoms with Gasteiger partial charge in [0, 0.05) is 5.56 Å². The molecule has 0 spiro atoms. The smallest absolute Gasteiger partial charge is 0.244 e. The zero-order valence-electron chi connectivity index (χ0n) is 14.0. The Morgan fingerprint density at radius 3 is 2.48 bits per heavy atom. The molecule has 0 aliphatic rings. The highest BCUT2D eigenvalue weighted by molar-refractivity contribution is 6.00. The number of methoxy groups -OCH3 is 1. The average molecular weight is 310 g/mol. The minimum absolute atomic E-state index is 0.139. The summed E-state index contributed by atoms with van der Waals surface area (Å²) >= 11 is 0. The lowest BCUT2D eigenvalue weighted by Gasteiger charge is -2.07. The monoisotopic (exact) mass is 310 g/mol. The Morgan fingerprint density at radius 2 is 1.83 bits per heavy atom. The van der Waals surface area contributed by atoms with Crippen molar-refractivity contribution in [1.82, 2.24) is 5.43 Å². The van der Waals surface area contributed by atoms with E-state index in [0.717, 1.165) is 28.2 Å². The Hall–Kier alpha value is -2.62. The van der Waals surface area contributed by atoms with Gasteiger partial charge in [0.2, 0.25) is 5.91 Å². The number of ether oxygens (including phenoxy) is 1. The summed E-state index contributed by atoms with van der Waals surface area (Å²) in [7, 11) is 1.62. The number of benzene rings is 2. The molecule has 0 aliphatic carbocycles. The van der Waals surface area contributed by atoms with Crippen molar-refractivity contribution < 1.29 is 9.53 Å². The van der Waals surface area contributed by atoms with Crippen molar-refractivity contribution in [2.75, 3.05) is 7.11 Å². The van der Waals surface area contributed by atoms with Gasteiger partial charge in [-0.25, -0.2) is 5.43 Å². The zero-order valence-corrected chi connectivity index (χ0v) is 14.0. The Labute approximate surface area is 137 Å². The molecule has 0 aliphatic heterocycles. The highest BCUT2D eigenvalue weighted by Crippen LogP contribution is 2.13. The van der Waals surface area contributed by atoms with Crippen LogP contribution in [-0.2, 0) is 11.2 Å². The lowest BCUT2D eigenvalue weighted by molar-refractivity contribution is -0.120. The summed E-state index contributed by atoms with van der Waals surface area (Å²) in [6.07, 6.45) is 0.285. The molecule has 0 atom stereocenters. The summed E-state index contributed by atoms with van der Waals surface area (Å²) in [5.41, 5.74) is 7.70. The van der Waals surface area contributed by atoms with Gasteiger partial charge < -0.3 is 4.74 Å². The van der Waals surface area contributed by atoms with Crippen LogP contribution in [0.3, 0.4) is 0 Å². The van der Waals surface area contributed by atoms with Gasteiger partial charge in [-0.05, 0) is 50.1 Å². The summed E-state index contributed by atoms with van der Waals surface area (Å²) in [6.45, 7) is 5.97. The molecular weight excluding hydrogens is 288 g/mol. The molecule has 0 bridgehead atoms. The van der Waals surface area contributed by atoms with Gasteiger partial charge in [-0.15, -0.1) is 0 Å². The van der Waals surface area contributed by atoms with Gasteiger partial charge in [-0.1, -0.05) is 29.8 Å². The molecule has 4 nitrogen and oxygen atoms in total. The summed E-state index contributed by atoms with van der Waals surface area (Å²) in [6, 6.07) is 13.6. The first-order chi connectivity index (χ1) is 11.0. The van der Waals surface area contributed by atoms with Crippen LogP contribution >= 0.6 is 0 Å². The molecule has 23 heavy (non-hydrogen) atoms. The van der Waals surface area contributed by atoms with E-state index in [-0.39, 0.29) is 12.3 Å². The lowest BCUT2D eigenvalue weighted by atomic mass is 10.0.